The Morgan fingerprint density at radius 1 is 1.33 bits per heavy atom. The number of thioether (sulfide) groups is 1. The molecule has 0 fully saturated rings. The van der Waals surface area contributed by atoms with E-state index < -0.39 is 0 Å². The summed E-state index contributed by atoms with van der Waals surface area (Å²) in [7, 11) is 3.15. The highest BCUT2D eigenvalue weighted by Gasteiger charge is 2.21. The Balaban J connectivity index is 2.34. The second-order valence-corrected chi connectivity index (χ2v) is 4.66. The Labute approximate surface area is 110 Å². The van der Waals surface area contributed by atoms with Gasteiger partial charge in [-0.1, -0.05) is 0 Å². The molecular formula is C12H14N2O3S. The molecule has 1 aliphatic heterocycles. The van der Waals surface area contributed by atoms with Crippen molar-refractivity contribution >= 4 is 30.1 Å². The van der Waals surface area contributed by atoms with Crippen molar-refractivity contribution in [3.8, 4) is 11.5 Å². The van der Waals surface area contributed by atoms with Gasteiger partial charge in [-0.2, -0.15) is 0 Å². The van der Waals surface area contributed by atoms with Crippen LogP contribution in [0.3, 0.4) is 0 Å². The standard InChI is InChI=1S/C12H14N2O3S/c1-16-10-5-9(6-11(7-10)17-2)14(8-15)12-13-3-4-18-12/h3,5-8,12H,4H2,1-2H3. The van der Waals surface area contributed by atoms with Gasteiger partial charge in [0.1, 0.15) is 11.5 Å². The van der Waals surface area contributed by atoms with Crippen LogP contribution in [-0.4, -0.2) is 38.1 Å². The van der Waals surface area contributed by atoms with Gasteiger partial charge in [0.25, 0.3) is 0 Å². The molecule has 0 saturated carbocycles. The van der Waals surface area contributed by atoms with Crippen molar-refractivity contribution in [2.75, 3.05) is 24.9 Å². The topological polar surface area (TPSA) is 51.1 Å². The van der Waals surface area contributed by atoms with Crippen molar-refractivity contribution in [1.82, 2.24) is 0 Å². The number of amides is 1. The second-order valence-electron chi connectivity index (χ2n) is 3.57. The lowest BCUT2D eigenvalue weighted by Crippen LogP contribution is -2.28. The quantitative estimate of drug-likeness (QED) is 0.762. The molecule has 6 heteroatoms. The predicted octanol–water partition coefficient (Wildman–Crippen LogP) is 1.77. The summed E-state index contributed by atoms with van der Waals surface area (Å²) in [5.41, 5.74) is 0.497. The van der Waals surface area contributed by atoms with Crippen molar-refractivity contribution in [3.05, 3.63) is 18.2 Å². The maximum Gasteiger partial charge on any atom is 0.216 e. The molecular weight excluding hydrogens is 252 g/mol. The van der Waals surface area contributed by atoms with Crippen molar-refractivity contribution in [3.63, 3.8) is 0 Å². The number of rotatable bonds is 5. The minimum Gasteiger partial charge on any atom is -0.497 e. The molecule has 0 aliphatic carbocycles. The molecule has 1 aromatic rings. The molecule has 0 aromatic heterocycles. The second kappa shape index (κ2) is 5.77. The Hall–Kier alpha value is -1.69. The van der Waals surface area contributed by atoms with Gasteiger partial charge in [-0.15, -0.1) is 11.8 Å². The first-order valence-corrected chi connectivity index (χ1v) is 6.43. The molecule has 0 N–H and O–H groups in total. The molecule has 1 amide bonds. The van der Waals surface area contributed by atoms with Gasteiger partial charge >= 0.3 is 0 Å². The van der Waals surface area contributed by atoms with Crippen LogP contribution in [0.4, 0.5) is 5.69 Å². The zero-order chi connectivity index (χ0) is 13.0. The number of anilines is 1. The van der Waals surface area contributed by atoms with E-state index in [1.54, 1.807) is 49.1 Å². The van der Waals surface area contributed by atoms with Gasteiger partial charge in [-0.05, 0) is 0 Å². The van der Waals surface area contributed by atoms with Crippen LogP contribution < -0.4 is 14.4 Å². The lowest BCUT2D eigenvalue weighted by atomic mass is 10.2. The van der Waals surface area contributed by atoms with Crippen LogP contribution in [0.15, 0.2) is 23.2 Å². The van der Waals surface area contributed by atoms with Crippen LogP contribution in [0.5, 0.6) is 11.5 Å². The van der Waals surface area contributed by atoms with E-state index in [4.69, 9.17) is 9.47 Å². The molecule has 0 bridgehead atoms. The smallest absolute Gasteiger partial charge is 0.216 e. The van der Waals surface area contributed by atoms with Crippen molar-refractivity contribution in [2.24, 2.45) is 4.99 Å². The van der Waals surface area contributed by atoms with Gasteiger partial charge in [0.15, 0.2) is 5.50 Å². The summed E-state index contributed by atoms with van der Waals surface area (Å²) in [6, 6.07) is 5.33. The molecule has 1 unspecified atom stereocenters. The van der Waals surface area contributed by atoms with Crippen molar-refractivity contribution < 1.29 is 14.3 Å². The summed E-state index contributed by atoms with van der Waals surface area (Å²) in [6.07, 6.45) is 2.58. The predicted molar refractivity (Wildman–Crippen MR) is 72.8 cm³/mol. The summed E-state index contributed by atoms with van der Waals surface area (Å²) in [4.78, 5) is 17.0. The summed E-state index contributed by atoms with van der Waals surface area (Å²) >= 11 is 1.59. The highest BCUT2D eigenvalue weighted by atomic mass is 32.2. The molecule has 0 saturated heterocycles. The fourth-order valence-corrected chi connectivity index (χ4v) is 2.49. The van der Waals surface area contributed by atoms with Crippen LogP contribution in [0.2, 0.25) is 0 Å². The minimum atomic E-state index is -0.209. The lowest BCUT2D eigenvalue weighted by molar-refractivity contribution is -0.107. The molecule has 5 nitrogen and oxygen atoms in total. The van der Waals surface area contributed by atoms with E-state index in [0.29, 0.717) is 17.2 Å². The average Bonchev–Trinajstić information content (AvgIpc) is 2.93. The first kappa shape index (κ1) is 12.8. The van der Waals surface area contributed by atoms with Gasteiger partial charge < -0.3 is 9.47 Å². The maximum absolute atomic E-state index is 11.2. The maximum atomic E-state index is 11.2. The average molecular weight is 266 g/mol. The van der Waals surface area contributed by atoms with Crippen LogP contribution in [0.25, 0.3) is 0 Å². The zero-order valence-electron chi connectivity index (χ0n) is 10.2. The molecule has 1 aliphatic rings. The Morgan fingerprint density at radius 3 is 2.44 bits per heavy atom. The summed E-state index contributed by atoms with van der Waals surface area (Å²) < 4.78 is 10.4. The van der Waals surface area contributed by atoms with Gasteiger partial charge in [0.2, 0.25) is 6.41 Å². The number of hydrogen-bond acceptors (Lipinski definition) is 5. The number of hydrogen-bond donors (Lipinski definition) is 0. The molecule has 18 heavy (non-hydrogen) atoms. The summed E-state index contributed by atoms with van der Waals surface area (Å²) in [5.74, 6) is 2.10. The summed E-state index contributed by atoms with van der Waals surface area (Å²) in [5, 5.41) is 0. The first-order valence-electron chi connectivity index (χ1n) is 5.38. The number of nitrogens with zero attached hydrogens (tertiary/aromatic N) is 2. The molecule has 1 aromatic carbocycles. The Kier molecular flexibility index (Phi) is 4.09. The van der Waals surface area contributed by atoms with E-state index in [9.17, 15) is 4.79 Å². The third-order valence-electron chi connectivity index (χ3n) is 2.54. The minimum absolute atomic E-state index is 0.209. The number of aliphatic imine (C=N–C) groups is 1. The van der Waals surface area contributed by atoms with E-state index >= 15 is 0 Å². The normalized spacial score (nSPS) is 17.6. The monoisotopic (exact) mass is 266 g/mol. The number of carbonyl (C=O) groups is 1. The summed E-state index contributed by atoms with van der Waals surface area (Å²) in [6.45, 7) is 0. The molecule has 0 spiro atoms. The van der Waals surface area contributed by atoms with E-state index in [-0.39, 0.29) is 5.50 Å². The van der Waals surface area contributed by atoms with E-state index in [0.717, 1.165) is 12.2 Å². The fraction of sp³-hybridized carbons (Fsp3) is 0.333. The van der Waals surface area contributed by atoms with Crippen molar-refractivity contribution in [1.29, 1.82) is 0 Å². The van der Waals surface area contributed by atoms with E-state index in [1.807, 2.05) is 6.21 Å². The lowest BCUT2D eigenvalue weighted by Gasteiger charge is -2.22. The van der Waals surface area contributed by atoms with Crippen molar-refractivity contribution in [2.45, 2.75) is 5.50 Å². The Morgan fingerprint density at radius 2 is 2.00 bits per heavy atom. The van der Waals surface area contributed by atoms with Gasteiger partial charge in [0, 0.05) is 30.2 Å². The number of carbonyl (C=O) groups excluding carboxylic acids is 1. The third-order valence-corrected chi connectivity index (χ3v) is 3.53. The van der Waals surface area contributed by atoms with Crippen LogP contribution in [0, 0.1) is 0 Å². The van der Waals surface area contributed by atoms with Gasteiger partial charge in [-0.25, -0.2) is 0 Å². The number of ether oxygens (including phenoxy) is 2. The number of benzene rings is 1. The first-order chi connectivity index (χ1) is 8.78. The highest BCUT2D eigenvalue weighted by Crippen LogP contribution is 2.32. The van der Waals surface area contributed by atoms with Crippen LogP contribution in [-0.2, 0) is 4.79 Å². The van der Waals surface area contributed by atoms with Gasteiger partial charge in [-0.3, -0.25) is 14.7 Å². The third kappa shape index (κ3) is 2.59. The fourth-order valence-electron chi connectivity index (χ4n) is 1.64. The molecule has 2 rings (SSSR count). The molecule has 96 valence electrons. The van der Waals surface area contributed by atoms with Gasteiger partial charge in [0.05, 0.1) is 19.9 Å². The highest BCUT2D eigenvalue weighted by molar-refractivity contribution is 8.00. The van der Waals surface area contributed by atoms with E-state index in [1.165, 1.54) is 0 Å². The largest absolute Gasteiger partial charge is 0.497 e. The van der Waals surface area contributed by atoms with E-state index in [2.05, 4.69) is 4.99 Å². The number of methoxy groups -OCH3 is 2. The SMILES string of the molecule is COc1cc(OC)cc(N(C=O)C2N=CCS2)c1. The molecule has 0 radical (unpaired) electrons. The molecule has 1 atom stereocenters. The molecule has 1 heterocycles. The van der Waals surface area contributed by atoms with Crippen LogP contribution in [0.1, 0.15) is 0 Å². The Bertz CT molecular complexity index is 442. The van der Waals surface area contributed by atoms with Crippen LogP contribution >= 0.6 is 11.8 Å². The zero-order valence-corrected chi connectivity index (χ0v) is 11.0.